The molecule has 0 spiro atoms. The summed E-state index contributed by atoms with van der Waals surface area (Å²) in [7, 11) is 0. The van der Waals surface area contributed by atoms with Gasteiger partial charge in [-0.15, -0.1) is 0 Å². The normalized spacial score (nSPS) is 10.7. The zero-order chi connectivity index (χ0) is 11.4. The summed E-state index contributed by atoms with van der Waals surface area (Å²) >= 11 is 0. The fourth-order valence-electron chi connectivity index (χ4n) is 1.09. The summed E-state index contributed by atoms with van der Waals surface area (Å²) in [6.45, 7) is 3.57. The third kappa shape index (κ3) is 3.32. The number of carbonyl (C=O) groups is 1. The Morgan fingerprint density at radius 1 is 1.53 bits per heavy atom. The number of rotatable bonds is 4. The van der Waals surface area contributed by atoms with E-state index in [0.717, 1.165) is 6.07 Å². The van der Waals surface area contributed by atoms with Crippen LogP contribution >= 0.6 is 0 Å². The minimum absolute atomic E-state index is 0.0382. The SMILES string of the molecule is CC(C)OCC(=O)c1cc(F)ccc1N. The summed E-state index contributed by atoms with van der Waals surface area (Å²) in [5.74, 6) is -0.780. The maximum Gasteiger partial charge on any atom is 0.190 e. The van der Waals surface area contributed by atoms with Gasteiger partial charge in [0.2, 0.25) is 0 Å². The van der Waals surface area contributed by atoms with Gasteiger partial charge in [-0.3, -0.25) is 4.79 Å². The average molecular weight is 211 g/mol. The van der Waals surface area contributed by atoms with E-state index in [0.29, 0.717) is 0 Å². The highest BCUT2D eigenvalue weighted by atomic mass is 19.1. The maximum absolute atomic E-state index is 12.9. The minimum Gasteiger partial charge on any atom is -0.398 e. The van der Waals surface area contributed by atoms with Crippen molar-refractivity contribution in [3.63, 3.8) is 0 Å². The number of nitrogen functional groups attached to an aromatic ring is 1. The second kappa shape index (κ2) is 4.89. The van der Waals surface area contributed by atoms with Gasteiger partial charge < -0.3 is 10.5 Å². The van der Waals surface area contributed by atoms with E-state index < -0.39 is 5.82 Å². The third-order valence-electron chi connectivity index (χ3n) is 1.86. The Morgan fingerprint density at radius 3 is 2.80 bits per heavy atom. The largest absolute Gasteiger partial charge is 0.398 e. The Bertz CT molecular complexity index is 364. The molecule has 0 aliphatic rings. The van der Waals surface area contributed by atoms with Crippen LogP contribution in [0.4, 0.5) is 10.1 Å². The van der Waals surface area contributed by atoms with E-state index in [2.05, 4.69) is 0 Å². The zero-order valence-electron chi connectivity index (χ0n) is 8.79. The number of anilines is 1. The molecule has 1 rings (SSSR count). The number of hydrogen-bond acceptors (Lipinski definition) is 3. The third-order valence-corrected chi connectivity index (χ3v) is 1.86. The molecule has 0 saturated carbocycles. The van der Waals surface area contributed by atoms with Gasteiger partial charge in [-0.2, -0.15) is 0 Å². The lowest BCUT2D eigenvalue weighted by atomic mass is 10.1. The molecule has 0 unspecified atom stereocenters. The lowest BCUT2D eigenvalue weighted by Gasteiger charge is -2.08. The van der Waals surface area contributed by atoms with Crippen LogP contribution in [0, 0.1) is 5.82 Å². The first-order valence-electron chi connectivity index (χ1n) is 4.70. The summed E-state index contributed by atoms with van der Waals surface area (Å²) < 4.78 is 18.0. The molecule has 0 saturated heterocycles. The average Bonchev–Trinajstić information content (AvgIpc) is 2.18. The first-order valence-corrected chi connectivity index (χ1v) is 4.70. The Balaban J connectivity index is 2.77. The van der Waals surface area contributed by atoms with Gasteiger partial charge in [0.1, 0.15) is 12.4 Å². The molecule has 0 radical (unpaired) electrons. The fraction of sp³-hybridized carbons (Fsp3) is 0.364. The van der Waals surface area contributed by atoms with E-state index in [4.69, 9.17) is 10.5 Å². The van der Waals surface area contributed by atoms with E-state index in [1.807, 2.05) is 13.8 Å². The molecule has 0 aliphatic carbocycles. The van der Waals surface area contributed by atoms with Crippen LogP contribution in [0.25, 0.3) is 0 Å². The molecule has 0 atom stereocenters. The zero-order valence-corrected chi connectivity index (χ0v) is 8.79. The highest BCUT2D eigenvalue weighted by Crippen LogP contribution is 2.14. The molecule has 3 nitrogen and oxygen atoms in total. The molecule has 2 N–H and O–H groups in total. The van der Waals surface area contributed by atoms with E-state index >= 15 is 0 Å². The Morgan fingerprint density at radius 2 is 2.20 bits per heavy atom. The Labute approximate surface area is 88.0 Å². The Hall–Kier alpha value is -1.42. The quantitative estimate of drug-likeness (QED) is 0.612. The molecule has 82 valence electrons. The number of nitrogens with two attached hydrogens (primary N) is 1. The van der Waals surface area contributed by atoms with E-state index in [1.165, 1.54) is 12.1 Å². The maximum atomic E-state index is 12.9. The van der Waals surface area contributed by atoms with Gasteiger partial charge >= 0.3 is 0 Å². The van der Waals surface area contributed by atoms with Crippen molar-refractivity contribution in [3.05, 3.63) is 29.6 Å². The molecule has 0 fully saturated rings. The summed E-state index contributed by atoms with van der Waals surface area (Å²) in [6, 6.07) is 3.72. The second-order valence-electron chi connectivity index (χ2n) is 3.51. The van der Waals surface area contributed by atoms with Crippen molar-refractivity contribution in [1.82, 2.24) is 0 Å². The van der Waals surface area contributed by atoms with E-state index in [1.54, 1.807) is 0 Å². The first kappa shape index (κ1) is 11.7. The lowest BCUT2D eigenvalue weighted by Crippen LogP contribution is -2.15. The summed E-state index contributed by atoms with van der Waals surface area (Å²) in [6.07, 6.45) is -0.0382. The van der Waals surface area contributed by atoms with Crippen molar-refractivity contribution in [3.8, 4) is 0 Å². The summed E-state index contributed by atoms with van der Waals surface area (Å²) in [5.41, 5.74) is 6.00. The number of benzene rings is 1. The molecule has 15 heavy (non-hydrogen) atoms. The topological polar surface area (TPSA) is 52.3 Å². The van der Waals surface area contributed by atoms with Crippen LogP contribution < -0.4 is 5.73 Å². The number of hydrogen-bond donors (Lipinski definition) is 1. The van der Waals surface area contributed by atoms with Gasteiger partial charge in [0, 0.05) is 11.3 Å². The van der Waals surface area contributed by atoms with Crippen molar-refractivity contribution in [1.29, 1.82) is 0 Å². The molecule has 0 aromatic heterocycles. The van der Waals surface area contributed by atoms with E-state index in [-0.39, 0.29) is 29.7 Å². The monoisotopic (exact) mass is 211 g/mol. The van der Waals surface area contributed by atoms with Crippen LogP contribution in [0.5, 0.6) is 0 Å². The standard InChI is InChI=1S/C11H14FNO2/c1-7(2)15-6-11(14)9-5-8(12)3-4-10(9)13/h3-5,7H,6,13H2,1-2H3. The molecular weight excluding hydrogens is 197 g/mol. The molecule has 0 aliphatic heterocycles. The van der Waals surface area contributed by atoms with Crippen LogP contribution in [-0.2, 0) is 4.74 Å². The molecule has 1 aromatic rings. The van der Waals surface area contributed by atoms with Crippen molar-refractivity contribution in [2.24, 2.45) is 0 Å². The van der Waals surface area contributed by atoms with Crippen LogP contribution in [-0.4, -0.2) is 18.5 Å². The molecular formula is C11H14FNO2. The Kier molecular flexibility index (Phi) is 3.80. The van der Waals surface area contributed by atoms with Crippen molar-refractivity contribution in [2.75, 3.05) is 12.3 Å². The molecule has 1 aromatic carbocycles. The number of Topliss-reactive ketones (excluding diaryl/α,β-unsaturated/α-hetero) is 1. The highest BCUT2D eigenvalue weighted by Gasteiger charge is 2.11. The van der Waals surface area contributed by atoms with Crippen LogP contribution in [0.1, 0.15) is 24.2 Å². The molecule has 0 amide bonds. The summed E-state index contributed by atoms with van der Waals surface area (Å²) in [4.78, 5) is 11.6. The first-order chi connectivity index (χ1) is 7.00. The number of ether oxygens (including phenoxy) is 1. The fourth-order valence-corrected chi connectivity index (χ4v) is 1.09. The number of halogens is 1. The van der Waals surface area contributed by atoms with Gasteiger partial charge in [0.05, 0.1) is 6.10 Å². The predicted molar refractivity (Wildman–Crippen MR) is 56.2 cm³/mol. The summed E-state index contributed by atoms with van der Waals surface area (Å²) in [5, 5.41) is 0. The molecule has 0 bridgehead atoms. The predicted octanol–water partition coefficient (Wildman–Crippen LogP) is 2.02. The second-order valence-corrected chi connectivity index (χ2v) is 3.51. The van der Waals surface area contributed by atoms with Crippen LogP contribution in [0.3, 0.4) is 0 Å². The van der Waals surface area contributed by atoms with Gasteiger partial charge in [0.25, 0.3) is 0 Å². The molecule has 0 heterocycles. The van der Waals surface area contributed by atoms with Gasteiger partial charge in [-0.05, 0) is 32.0 Å². The van der Waals surface area contributed by atoms with Crippen molar-refractivity contribution < 1.29 is 13.9 Å². The van der Waals surface area contributed by atoms with Crippen molar-refractivity contribution >= 4 is 11.5 Å². The van der Waals surface area contributed by atoms with Gasteiger partial charge in [-0.1, -0.05) is 0 Å². The lowest BCUT2D eigenvalue weighted by molar-refractivity contribution is 0.0585. The van der Waals surface area contributed by atoms with Crippen LogP contribution in [0.15, 0.2) is 18.2 Å². The molecule has 4 heteroatoms. The van der Waals surface area contributed by atoms with Crippen LogP contribution in [0.2, 0.25) is 0 Å². The minimum atomic E-state index is -0.475. The van der Waals surface area contributed by atoms with Crippen molar-refractivity contribution in [2.45, 2.75) is 20.0 Å². The number of carbonyl (C=O) groups excluding carboxylic acids is 1. The van der Waals surface area contributed by atoms with Gasteiger partial charge in [0.15, 0.2) is 5.78 Å². The number of ketones is 1. The highest BCUT2D eigenvalue weighted by molar-refractivity contribution is 6.01. The van der Waals surface area contributed by atoms with Gasteiger partial charge in [-0.25, -0.2) is 4.39 Å². The van der Waals surface area contributed by atoms with E-state index in [9.17, 15) is 9.18 Å². The smallest absolute Gasteiger partial charge is 0.190 e.